The van der Waals surface area contributed by atoms with Crippen LogP contribution in [0.5, 0.6) is 23.0 Å². The van der Waals surface area contributed by atoms with Crippen molar-refractivity contribution in [3.05, 3.63) is 73.1 Å². The van der Waals surface area contributed by atoms with Crippen LogP contribution < -0.4 is 18.9 Å². The average molecular weight is 765 g/mol. The highest BCUT2D eigenvalue weighted by Crippen LogP contribution is 2.34. The number of unbranched alkanes of at least 4 members (excludes halogenated alkanes) is 16. The molecule has 4 aromatic rings. The van der Waals surface area contributed by atoms with Gasteiger partial charge in [0.15, 0.2) is 0 Å². The Kier molecular flexibility index (Phi) is 21.9. The van der Waals surface area contributed by atoms with Crippen molar-refractivity contribution in [3.8, 4) is 56.6 Å². The summed E-state index contributed by atoms with van der Waals surface area (Å²) in [4.78, 5) is 9.58. The van der Waals surface area contributed by atoms with E-state index < -0.39 is 0 Å². The summed E-state index contributed by atoms with van der Waals surface area (Å²) in [6, 6.07) is 21.0. The Morgan fingerprint density at radius 2 is 0.607 bits per heavy atom. The second-order valence-corrected chi connectivity index (χ2v) is 15.3. The molecule has 0 spiro atoms. The van der Waals surface area contributed by atoms with Crippen molar-refractivity contribution in [3.63, 3.8) is 0 Å². The van der Waals surface area contributed by atoms with Crippen LogP contribution in [0.4, 0.5) is 0 Å². The van der Waals surface area contributed by atoms with Crippen LogP contribution in [0.3, 0.4) is 0 Å². The number of ether oxygens (including phenoxy) is 4. The third kappa shape index (κ3) is 17.0. The summed E-state index contributed by atoms with van der Waals surface area (Å²) in [7, 11) is 0. The summed E-state index contributed by atoms with van der Waals surface area (Å²) in [5.74, 6) is 3.39. The molecular weight excluding hydrogens is 693 g/mol. The van der Waals surface area contributed by atoms with Crippen molar-refractivity contribution < 1.29 is 18.9 Å². The molecule has 0 aliphatic rings. The number of benzene rings is 2. The van der Waals surface area contributed by atoms with Crippen LogP contribution in [0.2, 0.25) is 0 Å². The Balaban J connectivity index is 1.54. The molecule has 0 aliphatic heterocycles. The SMILES string of the molecule is CCCCCCCOc1cc(OCCCCCCC)cc(-c2ccnc(-c3cc(-c4cc(OCCCCCCC)cc(OCCCCCCC)c4)ccn3)c2)c1. The lowest BCUT2D eigenvalue weighted by molar-refractivity contribution is 0.290. The Morgan fingerprint density at radius 3 is 0.893 bits per heavy atom. The molecule has 306 valence electrons. The number of hydrogen-bond donors (Lipinski definition) is 0. The van der Waals surface area contributed by atoms with Gasteiger partial charge < -0.3 is 18.9 Å². The number of nitrogens with zero attached hydrogens (tertiary/aromatic N) is 2. The number of aromatic nitrogens is 2. The molecule has 56 heavy (non-hydrogen) atoms. The van der Waals surface area contributed by atoms with E-state index in [-0.39, 0.29) is 0 Å². The first-order valence-electron chi connectivity index (χ1n) is 22.4. The lowest BCUT2D eigenvalue weighted by Gasteiger charge is -2.14. The van der Waals surface area contributed by atoms with Gasteiger partial charge in [-0.2, -0.15) is 0 Å². The summed E-state index contributed by atoms with van der Waals surface area (Å²) in [6.45, 7) is 11.8. The van der Waals surface area contributed by atoms with E-state index in [1.165, 1.54) is 103 Å². The second-order valence-electron chi connectivity index (χ2n) is 15.3. The molecule has 0 unspecified atom stereocenters. The first kappa shape index (κ1) is 44.7. The molecule has 0 amide bonds. The van der Waals surface area contributed by atoms with Crippen LogP contribution in [0, 0.1) is 0 Å². The molecular formula is C50H72N2O4. The summed E-state index contributed by atoms with van der Waals surface area (Å²) in [6.07, 6.45) is 27.9. The van der Waals surface area contributed by atoms with E-state index in [9.17, 15) is 0 Å². The van der Waals surface area contributed by atoms with Crippen LogP contribution in [0.15, 0.2) is 73.1 Å². The highest BCUT2D eigenvalue weighted by Gasteiger charge is 2.12. The van der Waals surface area contributed by atoms with Crippen LogP contribution >= 0.6 is 0 Å². The molecule has 0 fully saturated rings. The van der Waals surface area contributed by atoms with Gasteiger partial charge in [0.05, 0.1) is 37.8 Å². The Labute approximate surface area is 340 Å². The molecule has 2 heterocycles. The summed E-state index contributed by atoms with van der Waals surface area (Å²) >= 11 is 0. The van der Waals surface area contributed by atoms with Gasteiger partial charge in [-0.15, -0.1) is 0 Å². The minimum Gasteiger partial charge on any atom is -0.493 e. The molecule has 6 heteroatoms. The predicted molar refractivity (Wildman–Crippen MR) is 235 cm³/mol. The van der Waals surface area contributed by atoms with E-state index in [4.69, 9.17) is 28.9 Å². The standard InChI is InChI=1S/C50H72N2O4/c1-5-9-13-17-21-29-53-45-33-43(34-46(39-45)54-30-22-18-14-10-6-2)41-25-27-51-49(37-41)50-38-42(26-28-52-50)44-35-47(55-31-23-19-15-11-7-3)40-48(36-44)56-32-24-20-16-12-8-4/h25-28,33-40H,5-24,29-32H2,1-4H3. The molecule has 0 bridgehead atoms. The van der Waals surface area contributed by atoms with Crippen molar-refractivity contribution in [2.75, 3.05) is 26.4 Å². The molecule has 0 saturated heterocycles. The maximum Gasteiger partial charge on any atom is 0.123 e. The zero-order valence-corrected chi connectivity index (χ0v) is 35.4. The van der Waals surface area contributed by atoms with Gasteiger partial charge >= 0.3 is 0 Å². The van der Waals surface area contributed by atoms with Crippen molar-refractivity contribution in [1.29, 1.82) is 0 Å². The predicted octanol–water partition coefficient (Wildman–Crippen LogP) is 14.9. The van der Waals surface area contributed by atoms with Crippen molar-refractivity contribution >= 4 is 0 Å². The van der Waals surface area contributed by atoms with Crippen LogP contribution in [0.25, 0.3) is 33.6 Å². The summed E-state index contributed by atoms with van der Waals surface area (Å²) in [5.41, 5.74) is 5.82. The third-order valence-electron chi connectivity index (χ3n) is 10.3. The van der Waals surface area contributed by atoms with E-state index in [0.29, 0.717) is 26.4 Å². The highest BCUT2D eigenvalue weighted by molar-refractivity contribution is 5.75. The highest BCUT2D eigenvalue weighted by atomic mass is 16.5. The van der Waals surface area contributed by atoms with Gasteiger partial charge in [-0.3, -0.25) is 9.97 Å². The fourth-order valence-electron chi connectivity index (χ4n) is 6.89. The Morgan fingerprint density at radius 1 is 0.321 bits per heavy atom. The van der Waals surface area contributed by atoms with Gasteiger partial charge in [0.2, 0.25) is 0 Å². The van der Waals surface area contributed by atoms with Crippen molar-refractivity contribution in [2.45, 2.75) is 156 Å². The first-order chi connectivity index (χ1) is 27.6. The normalized spacial score (nSPS) is 11.1. The molecule has 4 rings (SSSR count). The summed E-state index contributed by atoms with van der Waals surface area (Å²) < 4.78 is 25.2. The minimum absolute atomic E-state index is 0.707. The first-order valence-corrected chi connectivity index (χ1v) is 22.4. The van der Waals surface area contributed by atoms with Crippen LogP contribution in [-0.2, 0) is 0 Å². The van der Waals surface area contributed by atoms with E-state index >= 15 is 0 Å². The molecule has 0 aliphatic carbocycles. The summed E-state index contributed by atoms with van der Waals surface area (Å²) in [5, 5.41) is 0. The molecule has 0 atom stereocenters. The largest absolute Gasteiger partial charge is 0.493 e. The average Bonchev–Trinajstić information content (AvgIpc) is 3.23. The third-order valence-corrected chi connectivity index (χ3v) is 10.3. The number of pyridine rings is 2. The minimum atomic E-state index is 0.707. The molecule has 2 aromatic carbocycles. The van der Waals surface area contributed by atoms with E-state index in [1.54, 1.807) is 0 Å². The maximum atomic E-state index is 6.31. The Hall–Kier alpha value is -4.06. The zero-order chi connectivity index (χ0) is 39.5. The lowest BCUT2D eigenvalue weighted by Crippen LogP contribution is -2.01. The Bertz CT molecular complexity index is 1450. The van der Waals surface area contributed by atoms with E-state index in [1.807, 2.05) is 24.5 Å². The topological polar surface area (TPSA) is 62.7 Å². The molecule has 0 N–H and O–H groups in total. The molecule has 2 aromatic heterocycles. The van der Waals surface area contributed by atoms with Gasteiger partial charge in [-0.1, -0.05) is 130 Å². The van der Waals surface area contributed by atoms with Crippen LogP contribution in [-0.4, -0.2) is 36.4 Å². The monoisotopic (exact) mass is 765 g/mol. The number of hydrogen-bond acceptors (Lipinski definition) is 6. The van der Waals surface area contributed by atoms with Gasteiger partial charge in [0.25, 0.3) is 0 Å². The van der Waals surface area contributed by atoms with Gasteiger partial charge in [0.1, 0.15) is 23.0 Å². The van der Waals surface area contributed by atoms with Gasteiger partial charge in [-0.05, 0) is 96.5 Å². The maximum absolute atomic E-state index is 6.31. The molecule has 0 saturated carbocycles. The van der Waals surface area contributed by atoms with Gasteiger partial charge in [-0.25, -0.2) is 0 Å². The van der Waals surface area contributed by atoms with E-state index in [2.05, 4.69) is 76.2 Å². The fourth-order valence-corrected chi connectivity index (χ4v) is 6.89. The molecule has 0 radical (unpaired) electrons. The van der Waals surface area contributed by atoms with Crippen molar-refractivity contribution in [1.82, 2.24) is 9.97 Å². The smallest absolute Gasteiger partial charge is 0.123 e. The van der Waals surface area contributed by atoms with Crippen LogP contribution in [0.1, 0.15) is 156 Å². The quantitative estimate of drug-likeness (QED) is 0.0476. The molecule has 6 nitrogen and oxygen atoms in total. The fraction of sp³-hybridized carbons (Fsp3) is 0.560. The van der Waals surface area contributed by atoms with E-state index in [0.717, 1.165) is 82.3 Å². The lowest BCUT2D eigenvalue weighted by atomic mass is 10.0. The van der Waals surface area contributed by atoms with Gasteiger partial charge in [0, 0.05) is 24.5 Å². The zero-order valence-electron chi connectivity index (χ0n) is 35.4. The van der Waals surface area contributed by atoms with Crippen molar-refractivity contribution in [2.24, 2.45) is 0 Å². The second kappa shape index (κ2) is 27.5. The number of rotatable bonds is 31.